The number of rotatable bonds is 3. The Bertz CT molecular complexity index is 874. The molecule has 122 valence electrons. The summed E-state index contributed by atoms with van der Waals surface area (Å²) in [5.41, 5.74) is 0.540. The second-order valence-corrected chi connectivity index (χ2v) is 6.04. The van der Waals surface area contributed by atoms with E-state index in [1.54, 1.807) is 23.0 Å². The molecule has 0 saturated carbocycles. The summed E-state index contributed by atoms with van der Waals surface area (Å²) in [7, 11) is 0. The number of para-hydroxylation sites is 1. The number of nitrogens with zero attached hydrogens (tertiary/aromatic N) is 4. The van der Waals surface area contributed by atoms with Gasteiger partial charge in [-0.15, -0.1) is 5.10 Å². The molecule has 1 aliphatic rings. The summed E-state index contributed by atoms with van der Waals surface area (Å²) in [6, 6.07) is 9.56. The van der Waals surface area contributed by atoms with E-state index < -0.39 is 5.54 Å². The molecule has 7 nitrogen and oxygen atoms in total. The van der Waals surface area contributed by atoms with Gasteiger partial charge in [-0.2, -0.15) is 4.98 Å². The highest BCUT2D eigenvalue weighted by atomic mass is 16.5. The number of hydrogen-bond donors (Lipinski definition) is 1. The first-order chi connectivity index (χ1) is 11.6. The van der Waals surface area contributed by atoms with E-state index in [0.29, 0.717) is 18.2 Å². The highest BCUT2D eigenvalue weighted by Gasteiger charge is 2.34. The van der Waals surface area contributed by atoms with Crippen molar-refractivity contribution in [1.29, 1.82) is 0 Å². The zero-order valence-electron chi connectivity index (χ0n) is 13.3. The quantitative estimate of drug-likeness (QED) is 0.789. The van der Waals surface area contributed by atoms with Crippen molar-refractivity contribution in [2.45, 2.75) is 25.3 Å². The number of benzene rings is 1. The molecule has 3 aromatic rings. The maximum atomic E-state index is 12.5. The number of aromatic nitrogens is 4. The maximum Gasteiger partial charge on any atom is 0.252 e. The van der Waals surface area contributed by atoms with Crippen molar-refractivity contribution in [3.05, 3.63) is 54.1 Å². The minimum absolute atomic E-state index is 0.113. The Kier molecular flexibility index (Phi) is 3.41. The van der Waals surface area contributed by atoms with Crippen molar-refractivity contribution in [2.24, 2.45) is 0 Å². The van der Waals surface area contributed by atoms with E-state index in [2.05, 4.69) is 20.4 Å². The van der Waals surface area contributed by atoms with Crippen molar-refractivity contribution < 1.29 is 9.53 Å². The van der Waals surface area contributed by atoms with Crippen LogP contribution in [-0.4, -0.2) is 32.1 Å². The van der Waals surface area contributed by atoms with Gasteiger partial charge >= 0.3 is 0 Å². The molecule has 24 heavy (non-hydrogen) atoms. The first-order valence-corrected chi connectivity index (χ1v) is 7.84. The van der Waals surface area contributed by atoms with Gasteiger partial charge in [0.2, 0.25) is 5.91 Å². The Morgan fingerprint density at radius 3 is 3.12 bits per heavy atom. The zero-order chi connectivity index (χ0) is 16.6. The lowest BCUT2D eigenvalue weighted by Gasteiger charge is -2.36. The topological polar surface area (TPSA) is 81.4 Å². The monoisotopic (exact) mass is 323 g/mol. The minimum Gasteiger partial charge on any atom is -0.493 e. The number of nitrogens with one attached hydrogen (secondary N) is 1. The van der Waals surface area contributed by atoms with Crippen LogP contribution in [0.1, 0.15) is 24.7 Å². The predicted molar refractivity (Wildman–Crippen MR) is 86.5 cm³/mol. The number of carbonyl (C=O) groups excluding carboxylic acids is 1. The van der Waals surface area contributed by atoms with Crippen LogP contribution in [0, 0.1) is 0 Å². The molecular weight excluding hydrogens is 306 g/mol. The van der Waals surface area contributed by atoms with Gasteiger partial charge in [0.15, 0.2) is 5.82 Å². The SMILES string of the molecule is CC1(NC(=O)Cc2nc3ncccn3n2)CCOc2ccccc21. The van der Waals surface area contributed by atoms with Gasteiger partial charge in [0.1, 0.15) is 5.75 Å². The smallest absolute Gasteiger partial charge is 0.252 e. The van der Waals surface area contributed by atoms with Crippen molar-refractivity contribution in [1.82, 2.24) is 24.9 Å². The molecule has 0 fully saturated rings. The van der Waals surface area contributed by atoms with Gasteiger partial charge < -0.3 is 10.1 Å². The summed E-state index contributed by atoms with van der Waals surface area (Å²) in [6.45, 7) is 2.59. The second-order valence-electron chi connectivity index (χ2n) is 6.04. The van der Waals surface area contributed by atoms with Gasteiger partial charge in [-0.1, -0.05) is 18.2 Å². The molecular formula is C17H17N5O2. The molecule has 1 atom stereocenters. The van der Waals surface area contributed by atoms with Gasteiger partial charge in [0.05, 0.1) is 18.6 Å². The molecule has 3 heterocycles. The number of hydrogen-bond acceptors (Lipinski definition) is 5. The molecule has 1 aromatic carbocycles. The predicted octanol–water partition coefficient (Wildman–Crippen LogP) is 1.48. The standard InChI is InChI=1S/C17H17N5O2/c1-17(7-10-24-13-6-3-2-5-12(13)17)20-15(23)11-14-19-16-18-8-4-9-22(16)21-14/h2-6,8-9H,7,10-11H2,1H3,(H,20,23). The molecule has 0 aliphatic carbocycles. The van der Waals surface area contributed by atoms with Crippen LogP contribution in [0.25, 0.3) is 5.78 Å². The summed E-state index contributed by atoms with van der Waals surface area (Å²) in [4.78, 5) is 20.9. The number of fused-ring (bicyclic) bond motifs is 2. The minimum atomic E-state index is -0.455. The molecule has 0 radical (unpaired) electrons. The Labute approximate surface area is 138 Å². The highest BCUT2D eigenvalue weighted by Crippen LogP contribution is 2.36. The number of carbonyl (C=O) groups is 1. The summed E-state index contributed by atoms with van der Waals surface area (Å²) >= 11 is 0. The summed E-state index contributed by atoms with van der Waals surface area (Å²) < 4.78 is 7.23. The lowest BCUT2D eigenvalue weighted by molar-refractivity contribution is -0.122. The second kappa shape index (κ2) is 5.59. The van der Waals surface area contributed by atoms with E-state index in [1.807, 2.05) is 31.2 Å². The average Bonchev–Trinajstić information content (AvgIpc) is 2.97. The fraction of sp³-hybridized carbons (Fsp3) is 0.294. The van der Waals surface area contributed by atoms with Crippen LogP contribution in [0.15, 0.2) is 42.7 Å². The lowest BCUT2D eigenvalue weighted by Crippen LogP contribution is -2.47. The average molecular weight is 323 g/mol. The van der Waals surface area contributed by atoms with Crippen LogP contribution in [0.5, 0.6) is 5.75 Å². The van der Waals surface area contributed by atoms with Gasteiger partial charge in [0.25, 0.3) is 5.78 Å². The molecule has 4 rings (SSSR count). The summed E-state index contributed by atoms with van der Waals surface area (Å²) in [6.07, 6.45) is 4.23. The Balaban J connectivity index is 1.54. The zero-order valence-corrected chi connectivity index (χ0v) is 13.3. The fourth-order valence-corrected chi connectivity index (χ4v) is 3.02. The highest BCUT2D eigenvalue weighted by molar-refractivity contribution is 5.79. The van der Waals surface area contributed by atoms with E-state index in [1.165, 1.54) is 0 Å². The van der Waals surface area contributed by atoms with E-state index in [4.69, 9.17) is 4.74 Å². The fourth-order valence-electron chi connectivity index (χ4n) is 3.02. The van der Waals surface area contributed by atoms with Crippen molar-refractivity contribution in [3.8, 4) is 5.75 Å². The van der Waals surface area contributed by atoms with Crippen LogP contribution in [-0.2, 0) is 16.8 Å². The van der Waals surface area contributed by atoms with Crippen LogP contribution in [0.3, 0.4) is 0 Å². The molecule has 0 saturated heterocycles. The van der Waals surface area contributed by atoms with Crippen molar-refractivity contribution in [3.63, 3.8) is 0 Å². The summed E-state index contributed by atoms with van der Waals surface area (Å²) in [5, 5.41) is 7.39. The van der Waals surface area contributed by atoms with Crippen LogP contribution < -0.4 is 10.1 Å². The van der Waals surface area contributed by atoms with Gasteiger partial charge in [-0.05, 0) is 19.1 Å². The van der Waals surface area contributed by atoms with Gasteiger partial charge in [-0.3, -0.25) is 4.79 Å². The Morgan fingerprint density at radius 2 is 2.25 bits per heavy atom. The van der Waals surface area contributed by atoms with Crippen LogP contribution in [0.4, 0.5) is 0 Å². The molecule has 0 spiro atoms. The third kappa shape index (κ3) is 2.58. The Hall–Kier alpha value is -2.96. The Morgan fingerprint density at radius 1 is 1.38 bits per heavy atom. The normalized spacial score (nSPS) is 19.5. The molecule has 1 N–H and O–H groups in total. The van der Waals surface area contributed by atoms with E-state index in [9.17, 15) is 4.79 Å². The van der Waals surface area contributed by atoms with Crippen molar-refractivity contribution >= 4 is 11.7 Å². The number of ether oxygens (including phenoxy) is 1. The molecule has 1 amide bonds. The summed E-state index contributed by atoms with van der Waals surface area (Å²) in [5.74, 6) is 1.64. The largest absolute Gasteiger partial charge is 0.493 e. The molecule has 1 aliphatic heterocycles. The van der Waals surface area contributed by atoms with E-state index in [0.717, 1.165) is 17.7 Å². The van der Waals surface area contributed by atoms with Gasteiger partial charge in [0, 0.05) is 24.4 Å². The van der Waals surface area contributed by atoms with Gasteiger partial charge in [-0.25, -0.2) is 9.50 Å². The van der Waals surface area contributed by atoms with E-state index in [-0.39, 0.29) is 12.3 Å². The number of amides is 1. The van der Waals surface area contributed by atoms with Crippen LogP contribution >= 0.6 is 0 Å². The maximum absolute atomic E-state index is 12.5. The van der Waals surface area contributed by atoms with E-state index >= 15 is 0 Å². The van der Waals surface area contributed by atoms with Crippen LogP contribution in [0.2, 0.25) is 0 Å². The molecule has 0 bridgehead atoms. The first-order valence-electron chi connectivity index (χ1n) is 7.84. The third-order valence-electron chi connectivity index (χ3n) is 4.24. The molecule has 2 aromatic heterocycles. The lowest BCUT2D eigenvalue weighted by atomic mass is 9.86. The molecule has 7 heteroatoms. The first kappa shape index (κ1) is 14.6. The van der Waals surface area contributed by atoms with Crippen molar-refractivity contribution in [2.75, 3.05) is 6.61 Å². The third-order valence-corrected chi connectivity index (χ3v) is 4.24. The molecule has 1 unspecified atom stereocenters.